The van der Waals surface area contributed by atoms with Crippen LogP contribution in [0.25, 0.3) is 0 Å². The highest BCUT2D eigenvalue weighted by Crippen LogP contribution is 2.31. The lowest BCUT2D eigenvalue weighted by molar-refractivity contribution is -0.498. The molecule has 0 spiro atoms. The van der Waals surface area contributed by atoms with Gasteiger partial charge >= 0.3 is 4.46 Å². The van der Waals surface area contributed by atoms with Gasteiger partial charge in [0.1, 0.15) is 0 Å². The maximum Gasteiger partial charge on any atom is 0.428 e. The first kappa shape index (κ1) is 15.8. The molecule has 3 atom stereocenters. The SMILES string of the molecule is CC1COCC1CN1C(C(Cl)(Cl)[N+](=O)[O-])=NCCC1C. The third-order valence-corrected chi connectivity index (χ3v) is 4.67. The summed E-state index contributed by atoms with van der Waals surface area (Å²) >= 11 is 11.8. The molecule has 0 aromatic heterocycles. The van der Waals surface area contributed by atoms with Gasteiger partial charge in [-0.2, -0.15) is 0 Å². The molecule has 2 rings (SSSR count). The zero-order valence-electron chi connectivity index (χ0n) is 11.6. The summed E-state index contributed by atoms with van der Waals surface area (Å²) in [6.07, 6.45) is 0.840. The second-order valence-corrected chi connectivity index (χ2v) is 6.86. The number of nitro groups is 1. The number of hydrogen-bond acceptors (Lipinski definition) is 5. The molecule has 1 fully saturated rings. The minimum absolute atomic E-state index is 0.132. The van der Waals surface area contributed by atoms with Crippen molar-refractivity contribution in [2.24, 2.45) is 16.8 Å². The van der Waals surface area contributed by atoms with Gasteiger partial charge in [-0.1, -0.05) is 6.92 Å². The van der Waals surface area contributed by atoms with Crippen LogP contribution in [0.3, 0.4) is 0 Å². The fourth-order valence-corrected chi connectivity index (χ4v) is 2.96. The summed E-state index contributed by atoms with van der Waals surface area (Å²) in [7, 11) is 0. The van der Waals surface area contributed by atoms with E-state index in [0.29, 0.717) is 31.5 Å². The second kappa shape index (κ2) is 6.03. The van der Waals surface area contributed by atoms with Gasteiger partial charge in [-0.25, -0.2) is 0 Å². The van der Waals surface area contributed by atoms with Crippen LogP contribution >= 0.6 is 23.2 Å². The van der Waals surface area contributed by atoms with Crippen LogP contribution in [0.15, 0.2) is 4.99 Å². The molecule has 0 aromatic carbocycles. The third-order valence-electron chi connectivity index (χ3n) is 4.06. The topological polar surface area (TPSA) is 68.0 Å². The predicted octanol–water partition coefficient (Wildman–Crippen LogP) is 2.17. The highest BCUT2D eigenvalue weighted by Gasteiger charge is 2.50. The maximum atomic E-state index is 11.1. The molecule has 0 amide bonds. The van der Waals surface area contributed by atoms with Crippen molar-refractivity contribution in [2.75, 3.05) is 26.3 Å². The fourth-order valence-electron chi connectivity index (χ4n) is 2.62. The van der Waals surface area contributed by atoms with Crippen molar-refractivity contribution < 1.29 is 9.66 Å². The van der Waals surface area contributed by atoms with Crippen LogP contribution in [-0.2, 0) is 4.74 Å². The van der Waals surface area contributed by atoms with Gasteiger partial charge in [0, 0.05) is 31.7 Å². The van der Waals surface area contributed by atoms with E-state index in [0.717, 1.165) is 13.0 Å². The van der Waals surface area contributed by atoms with E-state index in [1.54, 1.807) is 0 Å². The number of aliphatic imine (C=N–C) groups is 1. The van der Waals surface area contributed by atoms with E-state index in [9.17, 15) is 10.1 Å². The molecule has 0 radical (unpaired) electrons. The van der Waals surface area contributed by atoms with Gasteiger partial charge in [0.25, 0.3) is 0 Å². The van der Waals surface area contributed by atoms with Gasteiger partial charge in [-0.3, -0.25) is 15.1 Å². The number of ether oxygens (including phenoxy) is 1. The molecule has 1 saturated heterocycles. The van der Waals surface area contributed by atoms with E-state index in [-0.39, 0.29) is 11.9 Å². The normalized spacial score (nSPS) is 31.3. The number of amidine groups is 1. The lowest BCUT2D eigenvalue weighted by Gasteiger charge is -2.38. The average Bonchev–Trinajstić information content (AvgIpc) is 2.77. The van der Waals surface area contributed by atoms with Crippen LogP contribution in [0.4, 0.5) is 0 Å². The zero-order valence-corrected chi connectivity index (χ0v) is 13.1. The fraction of sp³-hybridized carbons (Fsp3) is 0.917. The summed E-state index contributed by atoms with van der Waals surface area (Å²) in [4.78, 5) is 16.5. The van der Waals surface area contributed by atoms with E-state index in [1.165, 1.54) is 0 Å². The van der Waals surface area contributed by atoms with Gasteiger partial charge in [0.15, 0.2) is 0 Å². The molecule has 2 aliphatic rings. The van der Waals surface area contributed by atoms with Crippen molar-refractivity contribution in [3.8, 4) is 0 Å². The Hall–Kier alpha value is -0.590. The molecule has 2 aliphatic heterocycles. The van der Waals surface area contributed by atoms with Crippen LogP contribution in [0.1, 0.15) is 20.3 Å². The Balaban J connectivity index is 2.20. The molecule has 0 aliphatic carbocycles. The predicted molar refractivity (Wildman–Crippen MR) is 78.0 cm³/mol. The lowest BCUT2D eigenvalue weighted by Crippen LogP contribution is -2.54. The summed E-state index contributed by atoms with van der Waals surface area (Å²) in [5, 5.41) is 11.1. The van der Waals surface area contributed by atoms with Gasteiger partial charge < -0.3 is 9.64 Å². The Kier molecular flexibility index (Phi) is 4.76. The summed E-state index contributed by atoms with van der Waals surface area (Å²) in [5.74, 6) is 0.890. The quantitative estimate of drug-likeness (QED) is 0.344. The first-order valence-corrected chi connectivity index (χ1v) is 7.51. The molecule has 114 valence electrons. The first-order chi connectivity index (χ1) is 9.34. The summed E-state index contributed by atoms with van der Waals surface area (Å²) in [5.41, 5.74) is 0. The number of halogens is 2. The third kappa shape index (κ3) is 3.02. The Morgan fingerprint density at radius 3 is 2.75 bits per heavy atom. The largest absolute Gasteiger partial charge is 0.428 e. The number of hydrogen-bond donors (Lipinski definition) is 0. The summed E-state index contributed by atoms with van der Waals surface area (Å²) in [6.45, 7) is 6.66. The molecule has 8 heteroatoms. The monoisotopic (exact) mass is 323 g/mol. The standard InChI is InChI=1S/C12H19Cl2N3O3/c1-8-6-20-7-10(8)5-16-9(2)3-4-15-11(16)12(13,14)17(18)19/h8-10H,3-7H2,1-2H3. The molecule has 0 bridgehead atoms. The summed E-state index contributed by atoms with van der Waals surface area (Å²) in [6, 6.07) is 0.132. The molecular weight excluding hydrogens is 305 g/mol. The van der Waals surface area contributed by atoms with E-state index in [4.69, 9.17) is 27.9 Å². The van der Waals surface area contributed by atoms with Crippen LogP contribution in [0, 0.1) is 22.0 Å². The van der Waals surface area contributed by atoms with Crippen LogP contribution < -0.4 is 0 Å². The van der Waals surface area contributed by atoms with Gasteiger partial charge in [0.05, 0.1) is 11.5 Å². The van der Waals surface area contributed by atoms with E-state index in [2.05, 4.69) is 11.9 Å². The Morgan fingerprint density at radius 1 is 1.50 bits per heavy atom. The van der Waals surface area contributed by atoms with Crippen molar-refractivity contribution in [1.82, 2.24) is 4.90 Å². The Bertz CT molecular complexity index is 417. The number of alkyl halides is 2. The highest BCUT2D eigenvalue weighted by molar-refractivity contribution is 6.57. The van der Waals surface area contributed by atoms with E-state index in [1.807, 2.05) is 11.8 Å². The Morgan fingerprint density at radius 2 is 2.20 bits per heavy atom. The van der Waals surface area contributed by atoms with Crippen LogP contribution in [0.5, 0.6) is 0 Å². The lowest BCUT2D eigenvalue weighted by atomic mass is 9.96. The van der Waals surface area contributed by atoms with E-state index < -0.39 is 9.38 Å². The van der Waals surface area contributed by atoms with Crippen molar-refractivity contribution in [3.63, 3.8) is 0 Å². The van der Waals surface area contributed by atoms with Crippen molar-refractivity contribution in [3.05, 3.63) is 10.1 Å². The van der Waals surface area contributed by atoms with Gasteiger partial charge in [0.2, 0.25) is 5.84 Å². The maximum absolute atomic E-state index is 11.1. The Labute approximate surface area is 128 Å². The first-order valence-electron chi connectivity index (χ1n) is 6.75. The highest BCUT2D eigenvalue weighted by atomic mass is 35.5. The van der Waals surface area contributed by atoms with Crippen molar-refractivity contribution in [1.29, 1.82) is 0 Å². The molecule has 0 N–H and O–H groups in total. The molecule has 0 saturated carbocycles. The number of rotatable bonds is 4. The van der Waals surface area contributed by atoms with Gasteiger partial charge in [-0.05, 0) is 42.5 Å². The van der Waals surface area contributed by atoms with Crippen LogP contribution in [-0.4, -0.2) is 52.5 Å². The molecule has 0 aromatic rings. The molecule has 20 heavy (non-hydrogen) atoms. The minimum atomic E-state index is -2.18. The molecule has 3 unspecified atom stereocenters. The van der Waals surface area contributed by atoms with Crippen molar-refractivity contribution in [2.45, 2.75) is 30.8 Å². The smallest absolute Gasteiger partial charge is 0.381 e. The van der Waals surface area contributed by atoms with E-state index >= 15 is 0 Å². The number of nitrogens with zero attached hydrogens (tertiary/aromatic N) is 3. The average molecular weight is 324 g/mol. The van der Waals surface area contributed by atoms with Crippen LogP contribution in [0.2, 0.25) is 0 Å². The summed E-state index contributed by atoms with van der Waals surface area (Å²) < 4.78 is 3.26. The minimum Gasteiger partial charge on any atom is -0.381 e. The molecule has 2 heterocycles. The molecule has 6 nitrogen and oxygen atoms in total. The second-order valence-electron chi connectivity index (χ2n) is 5.57. The van der Waals surface area contributed by atoms with Crippen molar-refractivity contribution >= 4 is 29.0 Å². The zero-order chi connectivity index (χ0) is 14.9. The molecular formula is C12H19Cl2N3O3. The van der Waals surface area contributed by atoms with Gasteiger partial charge in [-0.15, -0.1) is 0 Å².